The average molecular weight is 272 g/mol. The van der Waals surface area contributed by atoms with Crippen LogP contribution in [0.25, 0.3) is 0 Å². The van der Waals surface area contributed by atoms with Crippen LogP contribution in [-0.2, 0) is 0 Å². The summed E-state index contributed by atoms with van der Waals surface area (Å²) in [5.41, 5.74) is -0.144. The Bertz CT molecular complexity index is 428. The summed E-state index contributed by atoms with van der Waals surface area (Å²) < 4.78 is 0. The van der Waals surface area contributed by atoms with Gasteiger partial charge < -0.3 is 10.4 Å². The van der Waals surface area contributed by atoms with Gasteiger partial charge >= 0.3 is 5.69 Å². The fourth-order valence-corrected chi connectivity index (χ4v) is 2.03. The molecule has 0 bridgehead atoms. The van der Waals surface area contributed by atoms with Crippen LogP contribution in [-0.4, -0.2) is 37.9 Å². The van der Waals surface area contributed by atoms with Gasteiger partial charge in [-0.25, -0.2) is 4.98 Å². The van der Waals surface area contributed by atoms with E-state index >= 15 is 0 Å². The topological polar surface area (TPSA) is 101 Å². The molecule has 1 rings (SSSR count). The number of rotatable bonds is 6. The van der Waals surface area contributed by atoms with Crippen molar-refractivity contribution in [3.8, 4) is 0 Å². The molecule has 2 atom stereocenters. The highest BCUT2D eigenvalue weighted by molar-refractivity contribution is 8.00. The molecule has 0 aliphatic rings. The van der Waals surface area contributed by atoms with E-state index in [1.807, 2.05) is 6.92 Å². The third-order valence-corrected chi connectivity index (χ3v) is 3.53. The third-order valence-electron chi connectivity index (χ3n) is 2.24. The SMILES string of the molecule is CCNc1ncc([N+](=O)[O-])c(SC(C)C(C)O)n1. The summed E-state index contributed by atoms with van der Waals surface area (Å²) in [6.07, 6.45) is 0.606. The van der Waals surface area contributed by atoms with Gasteiger partial charge in [0.1, 0.15) is 6.20 Å². The van der Waals surface area contributed by atoms with Crippen LogP contribution in [0.1, 0.15) is 20.8 Å². The Morgan fingerprint density at radius 3 is 2.78 bits per heavy atom. The van der Waals surface area contributed by atoms with Crippen LogP contribution in [0.5, 0.6) is 0 Å². The van der Waals surface area contributed by atoms with Crippen molar-refractivity contribution in [1.82, 2.24) is 9.97 Å². The summed E-state index contributed by atoms with van der Waals surface area (Å²) in [6.45, 7) is 5.94. The molecule has 0 aliphatic carbocycles. The Morgan fingerprint density at radius 2 is 2.28 bits per heavy atom. The molecule has 0 amide bonds. The highest BCUT2D eigenvalue weighted by atomic mass is 32.2. The molecule has 100 valence electrons. The van der Waals surface area contributed by atoms with Gasteiger partial charge in [-0.1, -0.05) is 18.7 Å². The zero-order valence-electron chi connectivity index (χ0n) is 10.5. The minimum atomic E-state index is -0.577. The first-order valence-corrected chi connectivity index (χ1v) is 6.43. The van der Waals surface area contributed by atoms with Crippen LogP contribution in [0.3, 0.4) is 0 Å². The van der Waals surface area contributed by atoms with Crippen LogP contribution in [0.4, 0.5) is 11.6 Å². The molecule has 0 saturated carbocycles. The largest absolute Gasteiger partial charge is 0.392 e. The molecule has 1 aromatic heterocycles. The smallest absolute Gasteiger partial charge is 0.319 e. The Morgan fingerprint density at radius 1 is 1.61 bits per heavy atom. The zero-order valence-corrected chi connectivity index (χ0v) is 11.3. The Balaban J connectivity index is 3.03. The molecule has 0 spiro atoms. The van der Waals surface area contributed by atoms with Crippen LogP contribution in [0.2, 0.25) is 0 Å². The molecule has 0 saturated heterocycles. The lowest BCUT2D eigenvalue weighted by Crippen LogP contribution is -2.16. The predicted molar refractivity (Wildman–Crippen MR) is 69.8 cm³/mol. The Kier molecular flexibility index (Phi) is 5.29. The number of nitro groups is 1. The first-order chi connectivity index (χ1) is 8.45. The van der Waals surface area contributed by atoms with Gasteiger partial charge in [-0.3, -0.25) is 10.1 Å². The zero-order chi connectivity index (χ0) is 13.7. The van der Waals surface area contributed by atoms with Gasteiger partial charge in [-0.2, -0.15) is 4.98 Å². The lowest BCUT2D eigenvalue weighted by atomic mass is 10.3. The second-order valence-corrected chi connectivity index (χ2v) is 5.10. The number of thioether (sulfide) groups is 1. The molecule has 18 heavy (non-hydrogen) atoms. The fourth-order valence-electron chi connectivity index (χ4n) is 1.09. The maximum absolute atomic E-state index is 10.9. The van der Waals surface area contributed by atoms with Crippen molar-refractivity contribution in [2.45, 2.75) is 37.2 Å². The molecule has 0 fully saturated rings. The molecule has 2 N–H and O–H groups in total. The monoisotopic (exact) mass is 272 g/mol. The van der Waals surface area contributed by atoms with E-state index in [1.165, 1.54) is 6.20 Å². The molecular formula is C10H16N4O3S. The Labute approximate surface area is 109 Å². The summed E-state index contributed by atoms with van der Waals surface area (Å²) in [7, 11) is 0. The number of aliphatic hydroxyl groups excluding tert-OH is 1. The van der Waals surface area contributed by atoms with Gasteiger partial charge in [0.2, 0.25) is 5.95 Å². The standard InChI is InChI=1S/C10H16N4O3S/c1-4-11-10-12-5-8(14(16)17)9(13-10)18-7(3)6(2)15/h5-7,15H,4H2,1-3H3,(H,11,12,13). The van der Waals surface area contributed by atoms with E-state index in [0.29, 0.717) is 12.5 Å². The number of aliphatic hydroxyl groups is 1. The van der Waals surface area contributed by atoms with Gasteiger partial charge in [0.05, 0.1) is 11.0 Å². The maximum atomic E-state index is 10.9. The van der Waals surface area contributed by atoms with Crippen molar-refractivity contribution in [2.24, 2.45) is 0 Å². The predicted octanol–water partition coefficient (Wildman–Crippen LogP) is 1.68. The minimum Gasteiger partial charge on any atom is -0.392 e. The van der Waals surface area contributed by atoms with Gasteiger partial charge in [-0.15, -0.1) is 0 Å². The normalized spacial score (nSPS) is 14.0. The summed E-state index contributed by atoms with van der Waals surface area (Å²) in [5, 5.41) is 23.3. The minimum absolute atomic E-state index is 0.144. The molecule has 8 heteroatoms. The molecule has 7 nitrogen and oxygen atoms in total. The van der Waals surface area contributed by atoms with Crippen molar-refractivity contribution in [3.05, 3.63) is 16.3 Å². The lowest BCUT2D eigenvalue weighted by Gasteiger charge is -2.13. The number of hydrogen-bond donors (Lipinski definition) is 2. The molecule has 2 unspecified atom stereocenters. The third kappa shape index (κ3) is 3.81. The first-order valence-electron chi connectivity index (χ1n) is 5.55. The lowest BCUT2D eigenvalue weighted by molar-refractivity contribution is -0.388. The van der Waals surface area contributed by atoms with E-state index in [4.69, 9.17) is 0 Å². The van der Waals surface area contributed by atoms with Crippen molar-refractivity contribution < 1.29 is 10.0 Å². The summed E-state index contributed by atoms with van der Waals surface area (Å²) in [5.74, 6) is 0.350. The molecule has 0 aliphatic heterocycles. The highest BCUT2D eigenvalue weighted by Crippen LogP contribution is 2.31. The number of hydrogen-bond acceptors (Lipinski definition) is 7. The van der Waals surface area contributed by atoms with Gasteiger partial charge in [0, 0.05) is 11.8 Å². The number of aromatic nitrogens is 2. The summed E-state index contributed by atoms with van der Waals surface area (Å²) in [6, 6.07) is 0. The quantitative estimate of drug-likeness (QED) is 0.351. The second kappa shape index (κ2) is 6.50. The molecule has 0 radical (unpaired) electrons. The van der Waals surface area contributed by atoms with Crippen molar-refractivity contribution in [1.29, 1.82) is 0 Å². The summed E-state index contributed by atoms with van der Waals surface area (Å²) >= 11 is 1.16. The van der Waals surface area contributed by atoms with Crippen LogP contribution in [0, 0.1) is 10.1 Å². The van der Waals surface area contributed by atoms with Crippen molar-refractivity contribution in [3.63, 3.8) is 0 Å². The van der Waals surface area contributed by atoms with Crippen molar-refractivity contribution in [2.75, 3.05) is 11.9 Å². The maximum Gasteiger partial charge on any atom is 0.319 e. The summed E-state index contributed by atoms with van der Waals surface area (Å²) in [4.78, 5) is 18.3. The van der Waals surface area contributed by atoms with E-state index in [1.54, 1.807) is 13.8 Å². The van der Waals surface area contributed by atoms with Crippen LogP contribution >= 0.6 is 11.8 Å². The second-order valence-electron chi connectivity index (χ2n) is 3.74. The fraction of sp³-hybridized carbons (Fsp3) is 0.600. The average Bonchev–Trinajstić information content (AvgIpc) is 2.29. The van der Waals surface area contributed by atoms with Gasteiger partial charge in [-0.05, 0) is 13.8 Å². The molecule has 1 heterocycles. The van der Waals surface area contributed by atoms with E-state index < -0.39 is 11.0 Å². The highest BCUT2D eigenvalue weighted by Gasteiger charge is 2.21. The van der Waals surface area contributed by atoms with Gasteiger partial charge in [0.25, 0.3) is 0 Å². The van der Waals surface area contributed by atoms with Gasteiger partial charge in [0.15, 0.2) is 5.03 Å². The van der Waals surface area contributed by atoms with E-state index in [0.717, 1.165) is 11.8 Å². The van der Waals surface area contributed by atoms with E-state index in [9.17, 15) is 15.2 Å². The first kappa shape index (κ1) is 14.7. The number of nitrogens with zero attached hydrogens (tertiary/aromatic N) is 3. The Hall–Kier alpha value is -1.41. The number of nitrogens with one attached hydrogen (secondary N) is 1. The van der Waals surface area contributed by atoms with E-state index in [2.05, 4.69) is 15.3 Å². The van der Waals surface area contributed by atoms with Crippen molar-refractivity contribution >= 4 is 23.4 Å². The molecule has 1 aromatic rings. The van der Waals surface area contributed by atoms with E-state index in [-0.39, 0.29) is 16.0 Å². The molecule has 0 aromatic carbocycles. The molecular weight excluding hydrogens is 256 g/mol. The van der Waals surface area contributed by atoms with Crippen LogP contribution < -0.4 is 5.32 Å². The van der Waals surface area contributed by atoms with Crippen LogP contribution in [0.15, 0.2) is 11.2 Å². The number of anilines is 1.